The molecule has 494 valence electrons. The highest BCUT2D eigenvalue weighted by Crippen LogP contribution is 2.43. The molecule has 0 radical (unpaired) electrons. The first-order chi connectivity index (χ1) is 45.1. The third-order valence-electron chi connectivity index (χ3n) is 15.4. The molecule has 1 atom stereocenters. The van der Waals surface area contributed by atoms with Crippen LogP contribution >= 0.6 is 23.2 Å². The van der Waals surface area contributed by atoms with E-state index in [1.807, 2.05) is 119 Å². The van der Waals surface area contributed by atoms with Gasteiger partial charge in [-0.05, 0) is 86.7 Å². The van der Waals surface area contributed by atoms with Crippen LogP contribution in [0, 0.1) is 5.92 Å². The van der Waals surface area contributed by atoms with E-state index in [0.29, 0.717) is 58.7 Å². The summed E-state index contributed by atoms with van der Waals surface area (Å²) in [4.78, 5) is 34.6. The molecule has 0 saturated heterocycles. The van der Waals surface area contributed by atoms with Gasteiger partial charge >= 0.3 is 0 Å². The monoisotopic (exact) mass is 1320 g/mol. The molecule has 1 aliphatic rings. The van der Waals surface area contributed by atoms with Crippen LogP contribution in [0.5, 0.6) is 34.5 Å². The van der Waals surface area contributed by atoms with E-state index < -0.39 is 0 Å². The topological polar surface area (TPSA) is 233 Å². The maximum atomic E-state index is 10.2. The number of nitrogens with zero attached hydrogens (tertiary/aromatic N) is 15. The summed E-state index contributed by atoms with van der Waals surface area (Å²) in [6.45, 7) is 4.12. The van der Waals surface area contributed by atoms with Crippen molar-refractivity contribution in [2.75, 3.05) is 75.8 Å². The fourth-order valence-electron chi connectivity index (χ4n) is 10.6. The second-order valence-electron chi connectivity index (χ2n) is 22.5. The Kier molecular flexibility index (Phi) is 22.6. The van der Waals surface area contributed by atoms with Crippen molar-refractivity contribution >= 4 is 90.4 Å². The molecule has 24 heteroatoms. The number of aryl methyl sites for hydroxylation is 3. The van der Waals surface area contributed by atoms with E-state index in [2.05, 4.69) is 57.1 Å². The number of halogens is 2. The minimum atomic E-state index is -0.0549. The average molecular weight is 1320 g/mol. The number of alkyl halides is 1. The van der Waals surface area contributed by atoms with Gasteiger partial charge in [-0.2, -0.15) is 15.3 Å². The van der Waals surface area contributed by atoms with Crippen LogP contribution in [0.3, 0.4) is 0 Å². The van der Waals surface area contributed by atoms with Crippen molar-refractivity contribution in [2.24, 2.45) is 32.8 Å². The summed E-state index contributed by atoms with van der Waals surface area (Å²) in [5.74, 6) is 4.60. The highest BCUT2D eigenvalue weighted by molar-refractivity contribution is 6.35. The standard InChI is InChI=1S/C23H23Cl2N5O2.C23H26N6O2.C23H23N5O2.2CH4/c1-29-14-15(12-27-29)20-13-26-18-6-5-16(9-19(18)28-20)30(8-4-7-24)21-10-17(31-2)11-22(32-3)23(21)25;1-15(24)13-29(18-7-19(30-3)10-20(8-18)31-4)17-5-6-21-22(9-17)27-23(12-25-21)16-11-26-28(2)14-16;1-27-14-16(11-25-27)23-12-24-21-6-5-17(9-22(21)26-23)28(13-15-3-4-15)18-7-19(29)10-20(8-18)30-2;;/h5-6,9-14H,4,7-8H2,1-3H3;5-12,14-15H,13,24H2,1-4H3;5-12,14-15,29H,3-4,13H2,1-2H3;2*1H4/t;15-;;;/m.0.../s1. The van der Waals surface area contributed by atoms with Crippen LogP contribution in [0.2, 0.25) is 5.02 Å². The summed E-state index contributed by atoms with van der Waals surface area (Å²) in [5.41, 5.74) is 21.6. The molecule has 1 saturated carbocycles. The highest BCUT2D eigenvalue weighted by atomic mass is 35.5. The summed E-state index contributed by atoms with van der Waals surface area (Å²) in [5, 5.41) is 23.3. The predicted octanol–water partition coefficient (Wildman–Crippen LogP) is 14.6. The number of phenols is 1. The third-order valence-corrected chi connectivity index (χ3v) is 16.1. The van der Waals surface area contributed by atoms with Crippen LogP contribution in [-0.4, -0.2) is 131 Å². The number of aromatic hydroxyl groups is 1. The first-order valence-electron chi connectivity index (χ1n) is 30.0. The van der Waals surface area contributed by atoms with Crippen molar-refractivity contribution < 1.29 is 28.8 Å². The van der Waals surface area contributed by atoms with Crippen LogP contribution in [0.15, 0.2) is 159 Å². The highest BCUT2D eigenvalue weighted by Gasteiger charge is 2.27. The number of phenolic OH excluding ortho intramolecular Hbond substituents is 1. The molecule has 6 aromatic carbocycles. The fraction of sp³-hybridized carbons (Fsp3) is 0.282. The molecular weight excluding hydrogens is 1240 g/mol. The van der Waals surface area contributed by atoms with E-state index in [9.17, 15) is 5.11 Å². The van der Waals surface area contributed by atoms with Crippen LogP contribution in [0.1, 0.15) is 41.0 Å². The van der Waals surface area contributed by atoms with E-state index in [-0.39, 0.29) is 26.6 Å². The molecule has 3 N–H and O–H groups in total. The van der Waals surface area contributed by atoms with Gasteiger partial charge in [0.1, 0.15) is 39.5 Å². The Balaban J connectivity index is 0.000000166. The summed E-state index contributed by atoms with van der Waals surface area (Å²) in [6, 6.07) is 32.8. The van der Waals surface area contributed by atoms with E-state index in [0.717, 1.165) is 114 Å². The second kappa shape index (κ2) is 31.1. The molecule has 95 heavy (non-hydrogen) atoms. The van der Waals surface area contributed by atoms with Gasteiger partial charge in [0.2, 0.25) is 0 Å². The summed E-state index contributed by atoms with van der Waals surface area (Å²) in [6.07, 6.45) is 19.6. The number of ether oxygens (including phenoxy) is 5. The van der Waals surface area contributed by atoms with Gasteiger partial charge in [0.05, 0.1) is 129 Å². The van der Waals surface area contributed by atoms with Crippen molar-refractivity contribution in [3.63, 3.8) is 0 Å². The molecule has 22 nitrogen and oxygen atoms in total. The van der Waals surface area contributed by atoms with Gasteiger partial charge in [-0.1, -0.05) is 26.5 Å². The first-order valence-corrected chi connectivity index (χ1v) is 30.9. The molecule has 0 bridgehead atoms. The maximum Gasteiger partial charge on any atom is 0.143 e. The number of hydrogen-bond donors (Lipinski definition) is 2. The zero-order valence-electron chi connectivity index (χ0n) is 53.1. The van der Waals surface area contributed by atoms with Gasteiger partial charge in [0.25, 0.3) is 0 Å². The quantitative estimate of drug-likeness (QED) is 0.0637. The van der Waals surface area contributed by atoms with Gasteiger partial charge in [0, 0.05) is 165 Å². The molecule has 0 spiro atoms. The van der Waals surface area contributed by atoms with Crippen molar-refractivity contribution in [3.05, 3.63) is 164 Å². The zero-order chi connectivity index (χ0) is 65.3. The largest absolute Gasteiger partial charge is 0.508 e. The number of rotatable bonds is 21. The Morgan fingerprint density at radius 3 is 1.34 bits per heavy atom. The lowest BCUT2D eigenvalue weighted by molar-refractivity contribution is 0.394. The van der Waals surface area contributed by atoms with Crippen LogP contribution < -0.4 is 44.1 Å². The SMILES string of the molecule is C.C.COc1cc(O)cc(N(CC2CC2)c2ccc3ncc(-c4cnn(C)c4)nc3c2)c1.COc1cc(OC)c(Cl)c(N(CCCCl)c2ccc3ncc(-c4cnn(C)c4)nc3c2)c1.COc1cc(OC)cc(N(C[C@H](C)N)c2ccc3ncc(-c4cnn(C)c4)nc3c2)c1. The molecule has 0 unspecified atom stereocenters. The second-order valence-corrected chi connectivity index (χ2v) is 23.2. The number of anilines is 6. The van der Waals surface area contributed by atoms with Crippen molar-refractivity contribution in [1.29, 1.82) is 0 Å². The van der Waals surface area contributed by atoms with Crippen molar-refractivity contribution in [3.8, 4) is 68.3 Å². The van der Waals surface area contributed by atoms with Crippen molar-refractivity contribution in [2.45, 2.75) is 47.1 Å². The van der Waals surface area contributed by atoms with Gasteiger partial charge in [-0.25, -0.2) is 15.0 Å². The third kappa shape index (κ3) is 16.6. The minimum absolute atomic E-state index is 0. The Morgan fingerprint density at radius 1 is 0.516 bits per heavy atom. The fourth-order valence-corrected chi connectivity index (χ4v) is 11.0. The summed E-state index contributed by atoms with van der Waals surface area (Å²) in [7, 11) is 13.7. The number of hydrogen-bond acceptors (Lipinski definition) is 19. The molecule has 0 aliphatic heterocycles. The van der Waals surface area contributed by atoms with Gasteiger partial charge in [-0.3, -0.25) is 29.0 Å². The zero-order valence-corrected chi connectivity index (χ0v) is 54.7. The average Bonchev–Trinajstić information content (AvgIpc) is 1.17. The van der Waals surface area contributed by atoms with E-state index in [4.69, 9.17) is 67.6 Å². The van der Waals surface area contributed by atoms with E-state index in [1.54, 1.807) is 105 Å². The van der Waals surface area contributed by atoms with Crippen molar-refractivity contribution in [1.82, 2.24) is 59.2 Å². The number of fused-ring (bicyclic) bond motifs is 3. The van der Waals surface area contributed by atoms with E-state index in [1.165, 1.54) is 12.8 Å². The van der Waals surface area contributed by atoms with Gasteiger partial charge in [-0.15, -0.1) is 11.6 Å². The summed E-state index contributed by atoms with van der Waals surface area (Å²) < 4.78 is 32.4. The van der Waals surface area contributed by atoms with Crippen LogP contribution in [-0.2, 0) is 21.1 Å². The molecule has 0 amide bonds. The Labute approximate surface area is 563 Å². The Hall–Kier alpha value is -10.3. The molecule has 12 aromatic rings. The normalized spacial score (nSPS) is 11.9. The lowest BCUT2D eigenvalue weighted by Crippen LogP contribution is -2.32. The molecule has 6 aromatic heterocycles. The molecule has 1 aliphatic carbocycles. The minimum Gasteiger partial charge on any atom is -0.508 e. The van der Waals surface area contributed by atoms with Crippen LogP contribution in [0.25, 0.3) is 66.9 Å². The smallest absolute Gasteiger partial charge is 0.143 e. The van der Waals surface area contributed by atoms with Gasteiger partial charge < -0.3 is 49.2 Å². The molecule has 1 fully saturated rings. The summed E-state index contributed by atoms with van der Waals surface area (Å²) >= 11 is 12.7. The molecule has 13 rings (SSSR count). The maximum absolute atomic E-state index is 10.2. The first kappa shape index (κ1) is 69.1. The van der Waals surface area contributed by atoms with E-state index >= 15 is 0 Å². The lowest BCUT2D eigenvalue weighted by Gasteiger charge is -2.27. The Morgan fingerprint density at radius 2 is 0.937 bits per heavy atom. The molecule has 6 heterocycles. The predicted molar refractivity (Wildman–Crippen MR) is 380 cm³/mol. The Bertz CT molecular complexity index is 4550. The van der Waals surface area contributed by atoms with Gasteiger partial charge in [0.15, 0.2) is 0 Å². The lowest BCUT2D eigenvalue weighted by atomic mass is 10.1. The number of methoxy groups -OCH3 is 5. The number of aromatic nitrogens is 12. The number of benzene rings is 6. The van der Waals surface area contributed by atoms with Crippen LogP contribution in [0.4, 0.5) is 34.1 Å². The number of nitrogens with two attached hydrogens (primary N) is 1. The molecular formula is C71H80Cl2N16O6.